The van der Waals surface area contributed by atoms with E-state index in [1.807, 2.05) is 30.3 Å². The second-order valence-electron chi connectivity index (χ2n) is 6.78. The highest BCUT2D eigenvalue weighted by molar-refractivity contribution is 5.81. The normalized spacial score (nSPS) is 16.4. The first-order valence-electron chi connectivity index (χ1n) is 9.73. The van der Waals surface area contributed by atoms with E-state index < -0.39 is 5.97 Å². The molecular formula is C20H26N4O5. The highest BCUT2D eigenvalue weighted by Gasteiger charge is 2.32. The Balaban J connectivity index is 1.51. The summed E-state index contributed by atoms with van der Waals surface area (Å²) < 4.78 is 15.6. The van der Waals surface area contributed by atoms with Gasteiger partial charge in [0.1, 0.15) is 12.6 Å². The van der Waals surface area contributed by atoms with Crippen molar-refractivity contribution in [2.45, 2.75) is 38.3 Å². The fourth-order valence-corrected chi connectivity index (χ4v) is 3.18. The first-order chi connectivity index (χ1) is 14.2. The number of carbonyl (C=O) groups excluding carboxylic acids is 2. The summed E-state index contributed by atoms with van der Waals surface area (Å²) in [5, 5.41) is 6.59. The third-order valence-corrected chi connectivity index (χ3v) is 4.73. The maximum Gasteiger partial charge on any atom is 0.325 e. The number of carbonyl (C=O) groups is 2. The molecule has 1 saturated heterocycles. The Hall–Kier alpha value is -2.94. The Bertz CT molecular complexity index is 795. The summed E-state index contributed by atoms with van der Waals surface area (Å²) >= 11 is 0. The molecule has 1 fully saturated rings. The van der Waals surface area contributed by atoms with Gasteiger partial charge >= 0.3 is 12.0 Å². The van der Waals surface area contributed by atoms with Gasteiger partial charge in [0, 0.05) is 13.0 Å². The predicted octanol–water partition coefficient (Wildman–Crippen LogP) is 2.24. The molecule has 9 heteroatoms. The molecule has 1 aromatic carbocycles. The van der Waals surface area contributed by atoms with Gasteiger partial charge in [-0.15, -0.1) is 0 Å². The van der Waals surface area contributed by atoms with Crippen LogP contribution in [0.2, 0.25) is 0 Å². The Kier molecular flexibility index (Phi) is 7.57. The van der Waals surface area contributed by atoms with Gasteiger partial charge in [-0.1, -0.05) is 35.5 Å². The first-order valence-corrected chi connectivity index (χ1v) is 9.73. The Labute approximate surface area is 169 Å². The van der Waals surface area contributed by atoms with Crippen molar-refractivity contribution in [2.24, 2.45) is 0 Å². The summed E-state index contributed by atoms with van der Waals surface area (Å²) in [7, 11) is 1.28. The van der Waals surface area contributed by atoms with Crippen LogP contribution in [0.25, 0.3) is 0 Å². The number of hydrogen-bond donors (Lipinski definition) is 1. The number of nitrogens with one attached hydrogen (secondary N) is 1. The Morgan fingerprint density at radius 2 is 2.10 bits per heavy atom. The van der Waals surface area contributed by atoms with Gasteiger partial charge in [-0.25, -0.2) is 4.79 Å². The number of aromatic nitrogens is 2. The Morgan fingerprint density at radius 1 is 1.28 bits per heavy atom. The SMILES string of the molecule is COC(=O)CNC(=O)N1CCCCC1c1nc(CCOCc2ccccc2)no1. The minimum Gasteiger partial charge on any atom is -0.468 e. The Morgan fingerprint density at radius 3 is 2.90 bits per heavy atom. The molecule has 1 aromatic heterocycles. The molecular weight excluding hydrogens is 376 g/mol. The maximum absolute atomic E-state index is 12.5. The van der Waals surface area contributed by atoms with E-state index in [1.54, 1.807) is 4.90 Å². The molecule has 1 N–H and O–H groups in total. The van der Waals surface area contributed by atoms with Gasteiger partial charge in [-0.05, 0) is 24.8 Å². The lowest BCUT2D eigenvalue weighted by molar-refractivity contribution is -0.139. The lowest BCUT2D eigenvalue weighted by atomic mass is 10.0. The van der Waals surface area contributed by atoms with Crippen LogP contribution < -0.4 is 5.32 Å². The molecule has 2 amide bonds. The fourth-order valence-electron chi connectivity index (χ4n) is 3.18. The lowest BCUT2D eigenvalue weighted by Gasteiger charge is -2.33. The summed E-state index contributed by atoms with van der Waals surface area (Å²) in [5.74, 6) is 0.465. The molecule has 1 unspecified atom stereocenters. The van der Waals surface area contributed by atoms with E-state index >= 15 is 0 Å². The quantitative estimate of drug-likeness (QED) is 0.533. The van der Waals surface area contributed by atoms with Gasteiger partial charge in [0.25, 0.3) is 0 Å². The summed E-state index contributed by atoms with van der Waals surface area (Å²) in [6.45, 7) is 1.39. The van der Waals surface area contributed by atoms with Crippen LogP contribution in [0, 0.1) is 0 Å². The summed E-state index contributed by atoms with van der Waals surface area (Å²) in [5.41, 5.74) is 1.11. The zero-order valence-corrected chi connectivity index (χ0v) is 16.5. The third-order valence-electron chi connectivity index (χ3n) is 4.73. The second-order valence-corrected chi connectivity index (χ2v) is 6.78. The monoisotopic (exact) mass is 402 g/mol. The molecule has 0 radical (unpaired) electrons. The molecule has 2 heterocycles. The van der Waals surface area contributed by atoms with Crippen molar-refractivity contribution < 1.29 is 23.6 Å². The zero-order chi connectivity index (χ0) is 20.5. The summed E-state index contributed by atoms with van der Waals surface area (Å²) in [4.78, 5) is 29.8. The highest BCUT2D eigenvalue weighted by atomic mass is 16.5. The fraction of sp³-hybridized carbons (Fsp3) is 0.500. The molecule has 0 bridgehead atoms. The minimum atomic E-state index is -0.498. The van der Waals surface area contributed by atoms with Crippen molar-refractivity contribution >= 4 is 12.0 Å². The minimum absolute atomic E-state index is 0.174. The molecule has 1 atom stereocenters. The lowest BCUT2D eigenvalue weighted by Crippen LogP contribution is -2.46. The van der Waals surface area contributed by atoms with E-state index in [-0.39, 0.29) is 18.6 Å². The van der Waals surface area contributed by atoms with Crippen molar-refractivity contribution in [1.82, 2.24) is 20.4 Å². The van der Waals surface area contributed by atoms with Crippen LogP contribution >= 0.6 is 0 Å². The van der Waals surface area contributed by atoms with Crippen LogP contribution in [0.1, 0.15) is 42.6 Å². The zero-order valence-electron chi connectivity index (χ0n) is 16.5. The van der Waals surface area contributed by atoms with Crippen LogP contribution in [-0.4, -0.2) is 53.8 Å². The molecule has 1 aliphatic heterocycles. The van der Waals surface area contributed by atoms with E-state index in [9.17, 15) is 9.59 Å². The molecule has 156 valence electrons. The number of benzene rings is 1. The largest absolute Gasteiger partial charge is 0.468 e. The average molecular weight is 402 g/mol. The van der Waals surface area contributed by atoms with E-state index in [0.717, 1.165) is 24.8 Å². The van der Waals surface area contributed by atoms with Gasteiger partial charge in [0.15, 0.2) is 5.82 Å². The smallest absolute Gasteiger partial charge is 0.325 e. The van der Waals surface area contributed by atoms with Crippen LogP contribution in [0.15, 0.2) is 34.9 Å². The number of piperidine rings is 1. The molecule has 29 heavy (non-hydrogen) atoms. The second kappa shape index (κ2) is 10.6. The van der Waals surface area contributed by atoms with Crippen molar-refractivity contribution in [3.63, 3.8) is 0 Å². The molecule has 9 nitrogen and oxygen atoms in total. The number of nitrogens with zero attached hydrogens (tertiary/aromatic N) is 3. The van der Waals surface area contributed by atoms with Crippen LogP contribution in [0.3, 0.4) is 0 Å². The van der Waals surface area contributed by atoms with Gasteiger partial charge < -0.3 is 24.2 Å². The maximum atomic E-state index is 12.5. The van der Waals surface area contributed by atoms with Crippen LogP contribution in [0.4, 0.5) is 4.79 Å². The number of likely N-dealkylation sites (tertiary alicyclic amines) is 1. The number of urea groups is 1. The van der Waals surface area contributed by atoms with Crippen molar-refractivity contribution in [3.05, 3.63) is 47.6 Å². The summed E-state index contributed by atoms with van der Waals surface area (Å²) in [6, 6.07) is 9.29. The number of rotatable bonds is 8. The molecule has 1 aliphatic rings. The topological polar surface area (TPSA) is 107 Å². The molecule has 2 aromatic rings. The van der Waals surface area contributed by atoms with Gasteiger partial charge in [0.2, 0.25) is 5.89 Å². The highest BCUT2D eigenvalue weighted by Crippen LogP contribution is 2.29. The van der Waals surface area contributed by atoms with Gasteiger partial charge in [-0.2, -0.15) is 4.98 Å². The molecule has 3 rings (SSSR count). The number of esters is 1. The average Bonchev–Trinajstić information content (AvgIpc) is 3.24. The predicted molar refractivity (Wildman–Crippen MR) is 103 cm³/mol. The van der Waals surface area contributed by atoms with Crippen LogP contribution in [-0.2, 0) is 27.3 Å². The van der Waals surface area contributed by atoms with E-state index in [4.69, 9.17) is 9.26 Å². The number of hydrogen-bond acceptors (Lipinski definition) is 7. The summed E-state index contributed by atoms with van der Waals surface area (Å²) in [6.07, 6.45) is 3.11. The van der Waals surface area contributed by atoms with Crippen molar-refractivity contribution in [2.75, 3.05) is 26.8 Å². The third kappa shape index (κ3) is 6.02. The standard InChI is InChI=1S/C20H26N4O5/c1-27-18(25)13-21-20(26)24-11-6-5-9-16(24)19-22-17(23-29-19)10-12-28-14-15-7-3-2-4-8-15/h2-4,7-8,16H,5-6,9-14H2,1H3,(H,21,26). The van der Waals surface area contributed by atoms with Crippen LogP contribution in [0.5, 0.6) is 0 Å². The van der Waals surface area contributed by atoms with Gasteiger partial charge in [-0.3, -0.25) is 4.79 Å². The molecule has 0 spiro atoms. The van der Waals surface area contributed by atoms with E-state index in [2.05, 4.69) is 20.2 Å². The van der Waals surface area contributed by atoms with Crippen molar-refractivity contribution in [3.8, 4) is 0 Å². The number of amides is 2. The van der Waals surface area contributed by atoms with E-state index in [0.29, 0.717) is 37.9 Å². The molecule has 0 aliphatic carbocycles. The number of methoxy groups -OCH3 is 1. The van der Waals surface area contributed by atoms with Crippen molar-refractivity contribution in [1.29, 1.82) is 0 Å². The van der Waals surface area contributed by atoms with Gasteiger partial charge in [0.05, 0.1) is 20.3 Å². The first kappa shape index (κ1) is 20.8. The van der Waals surface area contributed by atoms with E-state index in [1.165, 1.54) is 7.11 Å². The molecule has 0 saturated carbocycles. The number of ether oxygens (including phenoxy) is 2.